The Kier molecular flexibility index (Phi) is 5.69. The average Bonchev–Trinajstić information content (AvgIpc) is 2.98. The number of imide groups is 1. The summed E-state index contributed by atoms with van der Waals surface area (Å²) in [5.74, 6) is -2.73. The molecule has 1 atom stereocenters. The van der Waals surface area contributed by atoms with E-state index < -0.39 is 51.3 Å². The molecule has 2 N–H and O–H groups in total. The molecular weight excluding hydrogens is 357 g/mol. The average molecular weight is 373 g/mol. The highest BCUT2D eigenvalue weighted by Crippen LogP contribution is 2.13. The summed E-state index contributed by atoms with van der Waals surface area (Å²) in [6.07, 6.45) is -1.27. The van der Waals surface area contributed by atoms with E-state index in [-0.39, 0.29) is 6.54 Å². The van der Waals surface area contributed by atoms with E-state index in [2.05, 4.69) is 5.32 Å². The number of rotatable bonds is 6. The third-order valence-corrected chi connectivity index (χ3v) is 4.75. The standard InChI is InChI=1S/C14H16FN3O6S/c1-9(13(20)18-7-6-16-14(18)21)24-12(19)8-17-25(22,23)11-5-3-2-4-10(11)15/h2-5,9,17H,6-8H2,1H3,(H,16,21)/t9-/m0/s1. The van der Waals surface area contributed by atoms with Crippen molar-refractivity contribution < 1.29 is 31.9 Å². The van der Waals surface area contributed by atoms with Gasteiger partial charge in [0.2, 0.25) is 10.0 Å². The van der Waals surface area contributed by atoms with E-state index in [1.54, 1.807) is 0 Å². The lowest BCUT2D eigenvalue weighted by Gasteiger charge is -2.18. The molecule has 0 radical (unpaired) electrons. The number of esters is 1. The summed E-state index contributed by atoms with van der Waals surface area (Å²) in [5, 5.41) is 2.43. The van der Waals surface area contributed by atoms with Crippen molar-refractivity contribution >= 4 is 27.9 Å². The van der Waals surface area contributed by atoms with Crippen molar-refractivity contribution in [3.05, 3.63) is 30.1 Å². The van der Waals surface area contributed by atoms with E-state index in [1.165, 1.54) is 19.1 Å². The summed E-state index contributed by atoms with van der Waals surface area (Å²) in [7, 11) is -4.25. The fourth-order valence-corrected chi connectivity index (χ4v) is 3.13. The summed E-state index contributed by atoms with van der Waals surface area (Å²) in [6.45, 7) is 0.921. The molecule has 0 aromatic heterocycles. The van der Waals surface area contributed by atoms with E-state index in [4.69, 9.17) is 4.74 Å². The van der Waals surface area contributed by atoms with Crippen molar-refractivity contribution in [1.29, 1.82) is 0 Å². The minimum atomic E-state index is -4.25. The highest BCUT2D eigenvalue weighted by atomic mass is 32.2. The number of urea groups is 1. The van der Waals surface area contributed by atoms with Gasteiger partial charge in [0, 0.05) is 13.1 Å². The highest BCUT2D eigenvalue weighted by Gasteiger charge is 2.31. The second kappa shape index (κ2) is 7.57. The van der Waals surface area contributed by atoms with Crippen molar-refractivity contribution in [3.63, 3.8) is 0 Å². The van der Waals surface area contributed by atoms with Crippen LogP contribution >= 0.6 is 0 Å². The number of carbonyl (C=O) groups excluding carboxylic acids is 3. The van der Waals surface area contributed by atoms with Gasteiger partial charge in [-0.15, -0.1) is 0 Å². The first-order valence-corrected chi connectivity index (χ1v) is 8.73. The first-order chi connectivity index (χ1) is 11.7. The summed E-state index contributed by atoms with van der Waals surface area (Å²) in [5.41, 5.74) is 0. The topological polar surface area (TPSA) is 122 Å². The van der Waals surface area contributed by atoms with Gasteiger partial charge in [-0.05, 0) is 19.1 Å². The van der Waals surface area contributed by atoms with Crippen molar-refractivity contribution in [2.75, 3.05) is 19.6 Å². The van der Waals surface area contributed by atoms with E-state index >= 15 is 0 Å². The molecule has 11 heteroatoms. The van der Waals surface area contributed by atoms with Crippen molar-refractivity contribution in [2.45, 2.75) is 17.9 Å². The van der Waals surface area contributed by atoms with Crippen LogP contribution < -0.4 is 10.0 Å². The van der Waals surface area contributed by atoms with Crippen LogP contribution in [0.15, 0.2) is 29.2 Å². The summed E-state index contributed by atoms with van der Waals surface area (Å²) < 4.78 is 44.1. The van der Waals surface area contributed by atoms with Gasteiger partial charge in [-0.2, -0.15) is 4.72 Å². The number of carbonyl (C=O) groups is 3. The zero-order chi connectivity index (χ0) is 18.6. The molecule has 0 unspecified atom stereocenters. The van der Waals surface area contributed by atoms with Crippen LogP contribution in [-0.4, -0.2) is 57.0 Å². The van der Waals surface area contributed by atoms with Gasteiger partial charge in [-0.25, -0.2) is 17.6 Å². The fraction of sp³-hybridized carbons (Fsp3) is 0.357. The quantitative estimate of drug-likeness (QED) is 0.654. The van der Waals surface area contributed by atoms with Crippen LogP contribution in [0.4, 0.5) is 9.18 Å². The smallest absolute Gasteiger partial charge is 0.324 e. The number of benzene rings is 1. The minimum absolute atomic E-state index is 0.152. The molecule has 0 spiro atoms. The Bertz CT molecular complexity index is 798. The zero-order valence-electron chi connectivity index (χ0n) is 13.2. The molecule has 0 aliphatic carbocycles. The Morgan fingerprint density at radius 1 is 1.40 bits per heavy atom. The van der Waals surface area contributed by atoms with Gasteiger partial charge >= 0.3 is 12.0 Å². The van der Waals surface area contributed by atoms with Crippen LogP contribution in [-0.2, 0) is 24.3 Å². The number of nitrogens with one attached hydrogen (secondary N) is 2. The number of nitrogens with zero attached hydrogens (tertiary/aromatic N) is 1. The molecule has 25 heavy (non-hydrogen) atoms. The molecule has 1 aliphatic rings. The van der Waals surface area contributed by atoms with Gasteiger partial charge in [0.25, 0.3) is 5.91 Å². The lowest BCUT2D eigenvalue weighted by molar-refractivity contribution is -0.156. The van der Waals surface area contributed by atoms with Crippen LogP contribution in [0.1, 0.15) is 6.92 Å². The molecule has 0 bridgehead atoms. The molecule has 1 fully saturated rings. The largest absolute Gasteiger partial charge is 0.452 e. The van der Waals surface area contributed by atoms with Crippen molar-refractivity contribution in [3.8, 4) is 0 Å². The summed E-state index contributed by atoms with van der Waals surface area (Å²) in [4.78, 5) is 35.3. The molecular formula is C14H16FN3O6S. The molecule has 136 valence electrons. The van der Waals surface area contributed by atoms with Gasteiger partial charge in [0.1, 0.15) is 17.3 Å². The zero-order valence-corrected chi connectivity index (χ0v) is 14.0. The van der Waals surface area contributed by atoms with E-state index in [1.807, 2.05) is 4.72 Å². The Morgan fingerprint density at radius 2 is 2.08 bits per heavy atom. The number of ether oxygens (including phenoxy) is 1. The molecule has 1 aliphatic heterocycles. The van der Waals surface area contributed by atoms with Gasteiger partial charge in [0.05, 0.1) is 0 Å². The van der Waals surface area contributed by atoms with Crippen molar-refractivity contribution in [2.24, 2.45) is 0 Å². The second-order valence-electron chi connectivity index (χ2n) is 5.11. The van der Waals surface area contributed by atoms with E-state index in [0.717, 1.165) is 17.0 Å². The van der Waals surface area contributed by atoms with Gasteiger partial charge in [-0.1, -0.05) is 12.1 Å². The maximum atomic E-state index is 13.5. The predicted octanol–water partition coefficient (Wildman–Crippen LogP) is -0.412. The third kappa shape index (κ3) is 4.51. The maximum Gasteiger partial charge on any atom is 0.324 e. The van der Waals surface area contributed by atoms with Gasteiger partial charge in [0.15, 0.2) is 6.10 Å². The van der Waals surface area contributed by atoms with Crippen LogP contribution in [0.25, 0.3) is 0 Å². The Balaban J connectivity index is 1.91. The second-order valence-corrected chi connectivity index (χ2v) is 6.84. The minimum Gasteiger partial charge on any atom is -0.452 e. The monoisotopic (exact) mass is 373 g/mol. The van der Waals surface area contributed by atoms with Gasteiger partial charge in [-0.3, -0.25) is 14.5 Å². The first kappa shape index (κ1) is 18.8. The highest BCUT2D eigenvalue weighted by molar-refractivity contribution is 7.89. The molecule has 3 amide bonds. The Morgan fingerprint density at radius 3 is 2.68 bits per heavy atom. The normalized spacial score (nSPS) is 15.6. The van der Waals surface area contributed by atoms with Crippen LogP contribution in [0.3, 0.4) is 0 Å². The van der Waals surface area contributed by atoms with E-state index in [0.29, 0.717) is 6.54 Å². The lowest BCUT2D eigenvalue weighted by atomic mass is 10.3. The molecule has 1 aromatic carbocycles. The van der Waals surface area contributed by atoms with E-state index in [9.17, 15) is 27.2 Å². The molecule has 1 saturated heterocycles. The number of hydrogen-bond acceptors (Lipinski definition) is 6. The van der Waals surface area contributed by atoms with Crippen molar-refractivity contribution in [1.82, 2.24) is 14.9 Å². The SMILES string of the molecule is C[C@H](OC(=O)CNS(=O)(=O)c1ccccc1F)C(=O)N1CCNC1=O. The number of amides is 3. The van der Waals surface area contributed by atoms with Crippen LogP contribution in [0, 0.1) is 5.82 Å². The number of halogens is 1. The van der Waals surface area contributed by atoms with Crippen LogP contribution in [0.5, 0.6) is 0 Å². The molecule has 1 aromatic rings. The molecule has 2 rings (SSSR count). The lowest BCUT2D eigenvalue weighted by Crippen LogP contribution is -2.43. The molecule has 0 saturated carbocycles. The molecule has 1 heterocycles. The first-order valence-electron chi connectivity index (χ1n) is 7.25. The summed E-state index contributed by atoms with van der Waals surface area (Å²) in [6, 6.07) is 4.08. The number of sulfonamides is 1. The Hall–Kier alpha value is -2.53. The molecule has 9 nitrogen and oxygen atoms in total. The summed E-state index contributed by atoms with van der Waals surface area (Å²) >= 11 is 0. The van der Waals surface area contributed by atoms with Gasteiger partial charge < -0.3 is 10.1 Å². The third-order valence-electron chi connectivity index (χ3n) is 3.31. The predicted molar refractivity (Wildman–Crippen MR) is 82.3 cm³/mol. The number of hydrogen-bond donors (Lipinski definition) is 2. The Labute approximate surface area is 143 Å². The maximum absolute atomic E-state index is 13.5. The van der Waals surface area contributed by atoms with Crippen LogP contribution in [0.2, 0.25) is 0 Å². The fourth-order valence-electron chi connectivity index (χ4n) is 2.08.